The standard InChI is InChI=1S/C11H21N3O4/c1-11(2,3)18-10(17)13-6-4-5-8(9(12)16)14-7-15/h7-8H,4-6H2,1-3H3,(H2,12,16)(H,13,17)(H,14,15). The second-order valence-corrected chi connectivity index (χ2v) is 4.81. The van der Waals surface area contributed by atoms with Crippen LogP contribution in [0.1, 0.15) is 33.6 Å². The van der Waals surface area contributed by atoms with Gasteiger partial charge in [0.05, 0.1) is 0 Å². The van der Waals surface area contributed by atoms with Crippen molar-refractivity contribution < 1.29 is 19.1 Å². The van der Waals surface area contributed by atoms with E-state index in [1.54, 1.807) is 20.8 Å². The third kappa shape index (κ3) is 8.37. The third-order valence-corrected chi connectivity index (χ3v) is 1.95. The maximum atomic E-state index is 11.3. The molecule has 0 aromatic carbocycles. The van der Waals surface area contributed by atoms with Gasteiger partial charge in [-0.1, -0.05) is 0 Å². The first-order chi connectivity index (χ1) is 8.26. The van der Waals surface area contributed by atoms with Gasteiger partial charge in [0.15, 0.2) is 0 Å². The molecule has 0 saturated heterocycles. The molecular weight excluding hydrogens is 238 g/mol. The van der Waals surface area contributed by atoms with Gasteiger partial charge >= 0.3 is 6.09 Å². The highest BCUT2D eigenvalue weighted by Gasteiger charge is 2.16. The maximum absolute atomic E-state index is 11.3. The van der Waals surface area contributed by atoms with Crippen molar-refractivity contribution in [2.75, 3.05) is 6.54 Å². The summed E-state index contributed by atoms with van der Waals surface area (Å²) < 4.78 is 5.03. The number of carbonyl (C=O) groups is 3. The molecule has 0 fully saturated rings. The van der Waals surface area contributed by atoms with E-state index >= 15 is 0 Å². The van der Waals surface area contributed by atoms with Crippen LogP contribution in [0.25, 0.3) is 0 Å². The predicted molar refractivity (Wildman–Crippen MR) is 65.7 cm³/mol. The molecule has 0 aromatic rings. The molecule has 0 saturated carbocycles. The first-order valence-corrected chi connectivity index (χ1v) is 5.72. The fourth-order valence-electron chi connectivity index (χ4n) is 1.20. The monoisotopic (exact) mass is 259 g/mol. The molecule has 104 valence electrons. The van der Waals surface area contributed by atoms with Gasteiger partial charge in [-0.2, -0.15) is 0 Å². The highest BCUT2D eigenvalue weighted by molar-refractivity contribution is 5.81. The summed E-state index contributed by atoms with van der Waals surface area (Å²) >= 11 is 0. The molecule has 0 aliphatic heterocycles. The van der Waals surface area contributed by atoms with Crippen LogP contribution in [-0.4, -0.2) is 36.6 Å². The van der Waals surface area contributed by atoms with Crippen molar-refractivity contribution in [3.05, 3.63) is 0 Å². The smallest absolute Gasteiger partial charge is 0.407 e. The maximum Gasteiger partial charge on any atom is 0.407 e. The van der Waals surface area contributed by atoms with Crippen LogP contribution in [0.4, 0.5) is 4.79 Å². The van der Waals surface area contributed by atoms with Crippen LogP contribution in [0, 0.1) is 0 Å². The van der Waals surface area contributed by atoms with Gasteiger partial charge in [-0.3, -0.25) is 9.59 Å². The molecule has 1 unspecified atom stereocenters. The minimum absolute atomic E-state index is 0.346. The number of amides is 3. The van der Waals surface area contributed by atoms with E-state index in [1.807, 2.05) is 0 Å². The van der Waals surface area contributed by atoms with Gasteiger partial charge in [-0.25, -0.2) is 4.79 Å². The van der Waals surface area contributed by atoms with Gasteiger partial charge in [-0.15, -0.1) is 0 Å². The lowest BCUT2D eigenvalue weighted by Crippen LogP contribution is -2.41. The largest absolute Gasteiger partial charge is 0.444 e. The van der Waals surface area contributed by atoms with Gasteiger partial charge in [0.1, 0.15) is 11.6 Å². The number of ether oxygens (including phenoxy) is 1. The number of nitrogens with one attached hydrogen (secondary N) is 2. The van der Waals surface area contributed by atoms with Gasteiger partial charge in [0.25, 0.3) is 0 Å². The van der Waals surface area contributed by atoms with E-state index in [4.69, 9.17) is 10.5 Å². The topological polar surface area (TPSA) is 111 Å². The first-order valence-electron chi connectivity index (χ1n) is 5.72. The summed E-state index contributed by atoms with van der Waals surface area (Å²) in [6.45, 7) is 5.65. The Labute approximate surface area is 106 Å². The van der Waals surface area contributed by atoms with Crippen LogP contribution in [0.3, 0.4) is 0 Å². The Kier molecular flexibility index (Phi) is 6.77. The second kappa shape index (κ2) is 7.52. The Morgan fingerprint density at radius 1 is 1.39 bits per heavy atom. The van der Waals surface area contributed by atoms with Crippen molar-refractivity contribution in [1.29, 1.82) is 0 Å². The van der Waals surface area contributed by atoms with E-state index in [0.717, 1.165) is 0 Å². The van der Waals surface area contributed by atoms with E-state index in [2.05, 4.69) is 10.6 Å². The lowest BCUT2D eigenvalue weighted by molar-refractivity contribution is -0.122. The predicted octanol–water partition coefficient (Wildman–Crippen LogP) is -0.109. The Hall–Kier alpha value is -1.79. The van der Waals surface area contributed by atoms with Gasteiger partial charge in [0, 0.05) is 6.54 Å². The Balaban J connectivity index is 3.81. The number of alkyl carbamates (subject to hydrolysis) is 1. The molecule has 0 aliphatic rings. The molecule has 0 aliphatic carbocycles. The fourth-order valence-corrected chi connectivity index (χ4v) is 1.20. The van der Waals surface area contributed by atoms with Crippen LogP contribution in [-0.2, 0) is 14.3 Å². The first kappa shape index (κ1) is 16.2. The number of carbonyl (C=O) groups excluding carboxylic acids is 3. The lowest BCUT2D eigenvalue weighted by atomic mass is 10.1. The highest BCUT2D eigenvalue weighted by Crippen LogP contribution is 2.06. The number of hydrogen-bond donors (Lipinski definition) is 3. The molecule has 7 heteroatoms. The molecule has 3 amide bonds. The number of hydrogen-bond acceptors (Lipinski definition) is 4. The van der Waals surface area contributed by atoms with E-state index < -0.39 is 23.6 Å². The molecule has 0 heterocycles. The van der Waals surface area contributed by atoms with Crippen molar-refractivity contribution >= 4 is 18.4 Å². The van der Waals surface area contributed by atoms with Gasteiger partial charge in [0.2, 0.25) is 12.3 Å². The molecule has 0 bridgehead atoms. The minimum atomic E-state index is -0.706. The quantitative estimate of drug-likeness (QED) is 0.437. The van der Waals surface area contributed by atoms with Crippen molar-refractivity contribution in [2.45, 2.75) is 45.3 Å². The zero-order valence-electron chi connectivity index (χ0n) is 11.0. The van der Waals surface area contributed by atoms with Gasteiger partial charge in [-0.05, 0) is 33.6 Å². The highest BCUT2D eigenvalue weighted by atomic mass is 16.6. The normalized spacial score (nSPS) is 12.4. The lowest BCUT2D eigenvalue weighted by Gasteiger charge is -2.19. The zero-order valence-corrected chi connectivity index (χ0v) is 11.0. The van der Waals surface area contributed by atoms with Crippen molar-refractivity contribution in [3.63, 3.8) is 0 Å². The SMILES string of the molecule is CC(C)(C)OC(=O)NCCCC(NC=O)C(N)=O. The number of rotatable bonds is 7. The summed E-state index contributed by atoms with van der Waals surface area (Å²) in [5.74, 6) is -0.598. The Morgan fingerprint density at radius 3 is 2.44 bits per heavy atom. The summed E-state index contributed by atoms with van der Waals surface area (Å²) in [6, 6.07) is -0.706. The third-order valence-electron chi connectivity index (χ3n) is 1.95. The number of nitrogens with two attached hydrogens (primary N) is 1. The van der Waals surface area contributed by atoms with E-state index in [-0.39, 0.29) is 0 Å². The molecule has 4 N–H and O–H groups in total. The number of primary amides is 1. The van der Waals surface area contributed by atoms with Crippen LogP contribution in [0.2, 0.25) is 0 Å². The van der Waals surface area contributed by atoms with E-state index in [9.17, 15) is 14.4 Å². The minimum Gasteiger partial charge on any atom is -0.444 e. The molecule has 0 radical (unpaired) electrons. The molecule has 7 nitrogen and oxygen atoms in total. The van der Waals surface area contributed by atoms with Crippen LogP contribution >= 0.6 is 0 Å². The molecule has 0 rings (SSSR count). The van der Waals surface area contributed by atoms with Crippen molar-refractivity contribution in [3.8, 4) is 0 Å². The zero-order chi connectivity index (χ0) is 14.2. The summed E-state index contributed by atoms with van der Waals surface area (Å²) in [5.41, 5.74) is 4.53. The van der Waals surface area contributed by atoms with Crippen LogP contribution in [0.15, 0.2) is 0 Å². The Morgan fingerprint density at radius 2 is 2.00 bits per heavy atom. The van der Waals surface area contributed by atoms with Crippen LogP contribution < -0.4 is 16.4 Å². The van der Waals surface area contributed by atoms with Gasteiger partial charge < -0.3 is 21.1 Å². The van der Waals surface area contributed by atoms with E-state index in [1.165, 1.54) is 0 Å². The molecule has 1 atom stereocenters. The average molecular weight is 259 g/mol. The molecule has 0 aromatic heterocycles. The van der Waals surface area contributed by atoms with E-state index in [0.29, 0.717) is 25.8 Å². The summed E-state index contributed by atoms with van der Waals surface area (Å²) in [7, 11) is 0. The van der Waals surface area contributed by atoms with Crippen molar-refractivity contribution in [2.24, 2.45) is 5.73 Å². The summed E-state index contributed by atoms with van der Waals surface area (Å²) in [6.07, 6.45) is 0.787. The fraction of sp³-hybridized carbons (Fsp3) is 0.727. The Bertz CT molecular complexity index is 299. The van der Waals surface area contributed by atoms with Crippen LogP contribution in [0.5, 0.6) is 0 Å². The van der Waals surface area contributed by atoms with Crippen molar-refractivity contribution in [1.82, 2.24) is 10.6 Å². The summed E-state index contributed by atoms with van der Waals surface area (Å²) in [5, 5.41) is 4.86. The molecule has 18 heavy (non-hydrogen) atoms. The average Bonchev–Trinajstić information content (AvgIpc) is 2.19. The molecule has 0 spiro atoms. The second-order valence-electron chi connectivity index (χ2n) is 4.81. The molecular formula is C11H21N3O4. The summed E-state index contributed by atoms with van der Waals surface area (Å²) in [4.78, 5) is 32.4.